The molecule has 0 saturated heterocycles. The number of hydrogen-bond acceptors (Lipinski definition) is 3. The predicted molar refractivity (Wildman–Crippen MR) is 46.1 cm³/mol. The summed E-state index contributed by atoms with van der Waals surface area (Å²) in [5.74, 6) is 0. The zero-order valence-corrected chi connectivity index (χ0v) is 7.43. The predicted octanol–water partition coefficient (Wildman–Crippen LogP) is 2.22. The van der Waals surface area contributed by atoms with E-state index in [1.54, 1.807) is 0 Å². The SMILES string of the molecule is O=C=NCc1c(Cl)cncc1Cl. The molecule has 1 aromatic rings. The van der Waals surface area contributed by atoms with Gasteiger partial charge in [0.05, 0.1) is 16.6 Å². The maximum Gasteiger partial charge on any atom is 0.235 e. The molecule has 0 amide bonds. The monoisotopic (exact) mass is 202 g/mol. The van der Waals surface area contributed by atoms with Gasteiger partial charge in [0.25, 0.3) is 0 Å². The van der Waals surface area contributed by atoms with E-state index in [-0.39, 0.29) is 6.54 Å². The van der Waals surface area contributed by atoms with Crippen LogP contribution in [0.4, 0.5) is 0 Å². The quantitative estimate of drug-likeness (QED) is 0.546. The molecule has 0 aromatic carbocycles. The van der Waals surface area contributed by atoms with Gasteiger partial charge in [0.15, 0.2) is 0 Å². The summed E-state index contributed by atoms with van der Waals surface area (Å²) in [5, 5.41) is 0.808. The van der Waals surface area contributed by atoms with Crippen LogP contribution in [0.3, 0.4) is 0 Å². The highest BCUT2D eigenvalue weighted by atomic mass is 35.5. The number of isocyanates is 1. The van der Waals surface area contributed by atoms with Gasteiger partial charge in [-0.2, -0.15) is 0 Å². The van der Waals surface area contributed by atoms with Crippen LogP contribution in [0.15, 0.2) is 17.4 Å². The molecule has 0 atom stereocenters. The number of carbonyl (C=O) groups excluding carboxylic acids is 1. The minimum absolute atomic E-state index is 0.143. The van der Waals surface area contributed by atoms with E-state index in [4.69, 9.17) is 23.2 Å². The lowest BCUT2D eigenvalue weighted by molar-refractivity contribution is 0.563. The number of aromatic nitrogens is 1. The Bertz CT molecular complexity index is 314. The lowest BCUT2D eigenvalue weighted by Gasteiger charge is -2.00. The molecule has 62 valence electrons. The topological polar surface area (TPSA) is 42.3 Å². The van der Waals surface area contributed by atoms with Crippen molar-refractivity contribution in [1.82, 2.24) is 4.98 Å². The highest BCUT2D eigenvalue weighted by Gasteiger charge is 2.04. The third-order valence-electron chi connectivity index (χ3n) is 1.25. The van der Waals surface area contributed by atoms with E-state index in [2.05, 4.69) is 9.98 Å². The standard InChI is InChI=1S/C7H4Cl2N2O/c8-6-2-10-3-7(9)5(6)1-11-4-12/h2-3H,1H2. The number of pyridine rings is 1. The van der Waals surface area contributed by atoms with Crippen molar-refractivity contribution in [3.63, 3.8) is 0 Å². The molecule has 0 N–H and O–H groups in total. The Morgan fingerprint density at radius 2 is 2.00 bits per heavy atom. The van der Waals surface area contributed by atoms with Crippen molar-refractivity contribution in [3.05, 3.63) is 28.0 Å². The number of aliphatic imine (C=N–C) groups is 1. The van der Waals surface area contributed by atoms with Gasteiger partial charge in [-0.25, -0.2) is 9.79 Å². The van der Waals surface area contributed by atoms with Crippen LogP contribution in [-0.4, -0.2) is 11.1 Å². The van der Waals surface area contributed by atoms with Crippen LogP contribution in [0.2, 0.25) is 10.0 Å². The van der Waals surface area contributed by atoms with Crippen molar-refractivity contribution in [1.29, 1.82) is 0 Å². The van der Waals surface area contributed by atoms with Gasteiger partial charge >= 0.3 is 0 Å². The number of rotatable bonds is 2. The zero-order chi connectivity index (χ0) is 8.97. The molecule has 3 nitrogen and oxygen atoms in total. The Hall–Kier alpha value is -0.890. The average Bonchev–Trinajstić information content (AvgIpc) is 2.04. The van der Waals surface area contributed by atoms with Crippen molar-refractivity contribution in [3.8, 4) is 0 Å². The molecule has 0 saturated carbocycles. The van der Waals surface area contributed by atoms with E-state index in [0.29, 0.717) is 15.6 Å². The third-order valence-corrected chi connectivity index (χ3v) is 1.91. The summed E-state index contributed by atoms with van der Waals surface area (Å²) >= 11 is 11.5. The van der Waals surface area contributed by atoms with Crippen molar-refractivity contribution < 1.29 is 4.79 Å². The first-order valence-corrected chi connectivity index (χ1v) is 3.83. The lowest BCUT2D eigenvalue weighted by Crippen LogP contribution is -1.86. The van der Waals surface area contributed by atoms with Crippen LogP contribution in [0.1, 0.15) is 5.56 Å². The van der Waals surface area contributed by atoms with Gasteiger partial charge in [0, 0.05) is 18.0 Å². The Labute approximate surface area is 79.0 Å². The molecule has 1 aromatic heterocycles. The van der Waals surface area contributed by atoms with Crippen LogP contribution < -0.4 is 0 Å². The van der Waals surface area contributed by atoms with Crippen LogP contribution in [-0.2, 0) is 11.3 Å². The molecule has 0 fully saturated rings. The van der Waals surface area contributed by atoms with Gasteiger partial charge in [-0.15, -0.1) is 0 Å². The fraction of sp³-hybridized carbons (Fsp3) is 0.143. The Balaban J connectivity index is 3.03. The normalized spacial score (nSPS) is 9.17. The highest BCUT2D eigenvalue weighted by Crippen LogP contribution is 2.23. The van der Waals surface area contributed by atoms with Gasteiger partial charge in [-0.3, -0.25) is 4.98 Å². The van der Waals surface area contributed by atoms with Gasteiger partial charge in [0.2, 0.25) is 6.08 Å². The minimum Gasteiger partial charge on any atom is -0.262 e. The summed E-state index contributed by atoms with van der Waals surface area (Å²) in [7, 11) is 0. The Morgan fingerprint density at radius 1 is 1.42 bits per heavy atom. The minimum atomic E-state index is 0.143. The van der Waals surface area contributed by atoms with E-state index >= 15 is 0 Å². The fourth-order valence-electron chi connectivity index (χ4n) is 0.700. The lowest BCUT2D eigenvalue weighted by atomic mass is 10.3. The first-order valence-electron chi connectivity index (χ1n) is 3.07. The summed E-state index contributed by atoms with van der Waals surface area (Å²) in [5.41, 5.74) is 0.594. The molecular formula is C7H4Cl2N2O. The van der Waals surface area contributed by atoms with Gasteiger partial charge in [0.1, 0.15) is 0 Å². The zero-order valence-electron chi connectivity index (χ0n) is 5.92. The smallest absolute Gasteiger partial charge is 0.235 e. The summed E-state index contributed by atoms with van der Waals surface area (Å²) in [6, 6.07) is 0. The fourth-order valence-corrected chi connectivity index (χ4v) is 1.18. The molecule has 12 heavy (non-hydrogen) atoms. The average molecular weight is 203 g/mol. The van der Waals surface area contributed by atoms with Gasteiger partial charge in [-0.05, 0) is 0 Å². The molecule has 0 bridgehead atoms. The van der Waals surface area contributed by atoms with Crippen molar-refractivity contribution in [2.24, 2.45) is 4.99 Å². The van der Waals surface area contributed by atoms with E-state index in [1.807, 2.05) is 0 Å². The van der Waals surface area contributed by atoms with Crippen molar-refractivity contribution in [2.45, 2.75) is 6.54 Å². The summed E-state index contributed by atoms with van der Waals surface area (Å²) in [4.78, 5) is 16.9. The second-order valence-electron chi connectivity index (χ2n) is 1.99. The van der Waals surface area contributed by atoms with E-state index in [9.17, 15) is 4.79 Å². The molecule has 1 heterocycles. The Morgan fingerprint density at radius 3 is 2.50 bits per heavy atom. The molecule has 0 aliphatic rings. The molecule has 1 rings (SSSR count). The van der Waals surface area contributed by atoms with Crippen LogP contribution in [0.5, 0.6) is 0 Å². The van der Waals surface area contributed by atoms with Gasteiger partial charge < -0.3 is 0 Å². The molecule has 0 aliphatic heterocycles. The number of hydrogen-bond donors (Lipinski definition) is 0. The first-order chi connectivity index (χ1) is 5.75. The molecule has 0 unspecified atom stereocenters. The largest absolute Gasteiger partial charge is 0.262 e. The second-order valence-corrected chi connectivity index (χ2v) is 2.80. The van der Waals surface area contributed by atoms with E-state index in [0.717, 1.165) is 0 Å². The Kier molecular flexibility index (Phi) is 3.23. The molecule has 0 aliphatic carbocycles. The maximum absolute atomic E-state index is 9.81. The summed E-state index contributed by atoms with van der Waals surface area (Å²) in [6.45, 7) is 0.143. The molecular weight excluding hydrogens is 199 g/mol. The second kappa shape index (κ2) is 4.21. The molecule has 0 spiro atoms. The van der Waals surface area contributed by atoms with Crippen LogP contribution in [0.25, 0.3) is 0 Å². The summed E-state index contributed by atoms with van der Waals surface area (Å²) < 4.78 is 0. The van der Waals surface area contributed by atoms with Gasteiger partial charge in [-0.1, -0.05) is 23.2 Å². The highest BCUT2D eigenvalue weighted by molar-refractivity contribution is 6.35. The maximum atomic E-state index is 9.81. The van der Waals surface area contributed by atoms with Crippen molar-refractivity contribution in [2.75, 3.05) is 0 Å². The van der Waals surface area contributed by atoms with E-state index < -0.39 is 0 Å². The molecule has 5 heteroatoms. The third kappa shape index (κ3) is 2.05. The van der Waals surface area contributed by atoms with Crippen molar-refractivity contribution >= 4 is 29.3 Å². The number of nitrogens with zero attached hydrogens (tertiary/aromatic N) is 2. The summed E-state index contributed by atoms with van der Waals surface area (Å²) in [6.07, 6.45) is 4.30. The van der Waals surface area contributed by atoms with Crippen LogP contribution in [0, 0.1) is 0 Å². The molecule has 0 radical (unpaired) electrons. The van der Waals surface area contributed by atoms with E-state index in [1.165, 1.54) is 18.5 Å². The van der Waals surface area contributed by atoms with Crippen LogP contribution >= 0.6 is 23.2 Å². The number of halogens is 2. The first kappa shape index (κ1) is 9.20.